The average molecular weight is 250 g/mol. The summed E-state index contributed by atoms with van der Waals surface area (Å²) < 4.78 is 0. The monoisotopic (exact) mass is 250 g/mol. The van der Waals surface area contributed by atoms with E-state index in [1.165, 1.54) is 0 Å². The van der Waals surface area contributed by atoms with E-state index < -0.39 is 0 Å². The Bertz CT molecular complexity index is 409. The molecule has 1 aromatic rings. The van der Waals surface area contributed by atoms with E-state index in [9.17, 15) is 4.79 Å². The van der Waals surface area contributed by atoms with E-state index in [1.807, 2.05) is 39.0 Å². The predicted octanol–water partition coefficient (Wildman–Crippen LogP) is 2.92. The van der Waals surface area contributed by atoms with Crippen LogP contribution in [0, 0.1) is 13.8 Å². The van der Waals surface area contributed by atoms with Gasteiger partial charge >= 0.3 is 0 Å². The first kappa shape index (κ1) is 13.6. The molecule has 0 atom stereocenters. The van der Waals surface area contributed by atoms with Crippen LogP contribution in [-0.2, 0) is 4.79 Å². The van der Waals surface area contributed by atoms with Crippen molar-refractivity contribution in [3.8, 4) is 0 Å². The molecule has 0 unspecified atom stereocenters. The third-order valence-corrected chi connectivity index (χ3v) is 2.65. The molecule has 1 amide bonds. The number of hydrogen-bond acceptors (Lipinski definition) is 2. The number of rotatable bonds is 3. The van der Waals surface area contributed by atoms with Gasteiger partial charge in [0.25, 0.3) is 0 Å². The molecule has 1 rings (SSSR count). The molecule has 0 spiro atoms. The fourth-order valence-electron chi connectivity index (χ4n) is 1.57. The van der Waals surface area contributed by atoms with Crippen molar-refractivity contribution in [1.29, 1.82) is 0 Å². The molecular weight excluding hydrogens is 232 g/mol. The van der Waals surface area contributed by atoms with E-state index in [4.69, 9.17) is 12.2 Å². The Morgan fingerprint density at radius 2 is 1.88 bits per heavy atom. The lowest BCUT2D eigenvalue weighted by Crippen LogP contribution is -2.34. The van der Waals surface area contributed by atoms with Crippen molar-refractivity contribution in [2.75, 3.05) is 5.32 Å². The lowest BCUT2D eigenvalue weighted by Gasteiger charge is -2.13. The van der Waals surface area contributed by atoms with Crippen LogP contribution >= 0.6 is 12.2 Å². The van der Waals surface area contributed by atoms with Crippen LogP contribution in [0.5, 0.6) is 0 Å². The molecule has 0 saturated carbocycles. The van der Waals surface area contributed by atoms with Gasteiger partial charge in [0.1, 0.15) is 0 Å². The van der Waals surface area contributed by atoms with Gasteiger partial charge in [-0.25, -0.2) is 0 Å². The maximum Gasteiger partial charge on any atom is 0.226 e. The van der Waals surface area contributed by atoms with Crippen LogP contribution in [0.4, 0.5) is 5.69 Å². The lowest BCUT2D eigenvalue weighted by atomic mass is 10.1. The molecule has 0 aromatic heterocycles. The lowest BCUT2D eigenvalue weighted by molar-refractivity contribution is -0.119. The second-order valence-electron chi connectivity index (χ2n) is 4.02. The summed E-state index contributed by atoms with van der Waals surface area (Å²) in [5.74, 6) is -0.0452. The molecule has 4 heteroatoms. The van der Waals surface area contributed by atoms with Crippen molar-refractivity contribution in [3.05, 3.63) is 29.3 Å². The molecule has 0 aliphatic carbocycles. The number of carbonyl (C=O) groups is 1. The summed E-state index contributed by atoms with van der Waals surface area (Å²) in [7, 11) is 0. The number of anilines is 1. The maximum atomic E-state index is 11.4. The summed E-state index contributed by atoms with van der Waals surface area (Å²) in [6.45, 7) is 5.97. The molecule has 0 fully saturated rings. The summed E-state index contributed by atoms with van der Waals surface area (Å²) in [5, 5.41) is 6.09. The van der Waals surface area contributed by atoms with Crippen molar-refractivity contribution in [2.45, 2.75) is 33.6 Å². The SMILES string of the molecule is CCCC(=O)NC(=S)Nc1c(C)cccc1C. The predicted molar refractivity (Wildman–Crippen MR) is 75.2 cm³/mol. The Balaban J connectivity index is 2.65. The molecule has 2 N–H and O–H groups in total. The highest BCUT2D eigenvalue weighted by molar-refractivity contribution is 7.80. The Hall–Kier alpha value is -1.42. The fourth-order valence-corrected chi connectivity index (χ4v) is 1.79. The molecule has 0 aliphatic heterocycles. The Morgan fingerprint density at radius 1 is 1.29 bits per heavy atom. The molecule has 0 saturated heterocycles. The van der Waals surface area contributed by atoms with E-state index in [2.05, 4.69) is 10.6 Å². The molecule has 0 aliphatic rings. The van der Waals surface area contributed by atoms with Gasteiger partial charge in [0, 0.05) is 12.1 Å². The van der Waals surface area contributed by atoms with Crippen molar-refractivity contribution in [1.82, 2.24) is 5.32 Å². The first-order valence-electron chi connectivity index (χ1n) is 5.71. The number of nitrogens with one attached hydrogen (secondary N) is 2. The van der Waals surface area contributed by atoms with Crippen LogP contribution in [0.3, 0.4) is 0 Å². The zero-order chi connectivity index (χ0) is 12.8. The van der Waals surface area contributed by atoms with Gasteiger partial charge in [-0.1, -0.05) is 25.1 Å². The zero-order valence-corrected chi connectivity index (χ0v) is 11.3. The van der Waals surface area contributed by atoms with E-state index in [0.29, 0.717) is 11.5 Å². The van der Waals surface area contributed by atoms with E-state index >= 15 is 0 Å². The fraction of sp³-hybridized carbons (Fsp3) is 0.385. The van der Waals surface area contributed by atoms with Gasteiger partial charge in [0.05, 0.1) is 0 Å². The van der Waals surface area contributed by atoms with Gasteiger partial charge in [-0.05, 0) is 43.6 Å². The minimum Gasteiger partial charge on any atom is -0.332 e. The van der Waals surface area contributed by atoms with Crippen molar-refractivity contribution in [2.24, 2.45) is 0 Å². The number of benzene rings is 1. The van der Waals surface area contributed by atoms with Crippen LogP contribution in [0.1, 0.15) is 30.9 Å². The average Bonchev–Trinajstić information content (AvgIpc) is 2.24. The minimum absolute atomic E-state index is 0.0452. The van der Waals surface area contributed by atoms with E-state index in [-0.39, 0.29) is 5.91 Å². The van der Waals surface area contributed by atoms with Crippen LogP contribution < -0.4 is 10.6 Å². The van der Waals surface area contributed by atoms with Gasteiger partial charge in [0.2, 0.25) is 5.91 Å². The zero-order valence-electron chi connectivity index (χ0n) is 10.5. The van der Waals surface area contributed by atoms with Crippen LogP contribution in [0.2, 0.25) is 0 Å². The molecule has 17 heavy (non-hydrogen) atoms. The summed E-state index contributed by atoms with van der Waals surface area (Å²) >= 11 is 5.10. The molecule has 0 heterocycles. The van der Waals surface area contributed by atoms with Crippen molar-refractivity contribution >= 4 is 28.9 Å². The second-order valence-corrected chi connectivity index (χ2v) is 4.43. The van der Waals surface area contributed by atoms with E-state index in [1.54, 1.807) is 0 Å². The largest absolute Gasteiger partial charge is 0.332 e. The minimum atomic E-state index is -0.0452. The van der Waals surface area contributed by atoms with E-state index in [0.717, 1.165) is 23.2 Å². The maximum absolute atomic E-state index is 11.4. The normalized spacial score (nSPS) is 9.82. The number of aryl methyl sites for hydroxylation is 2. The van der Waals surface area contributed by atoms with Crippen LogP contribution in [0.25, 0.3) is 0 Å². The summed E-state index contributed by atoms with van der Waals surface area (Å²) in [6, 6.07) is 6.01. The van der Waals surface area contributed by atoms with Crippen molar-refractivity contribution in [3.63, 3.8) is 0 Å². The van der Waals surface area contributed by atoms with Gasteiger partial charge in [-0.15, -0.1) is 0 Å². The molecule has 0 bridgehead atoms. The van der Waals surface area contributed by atoms with Gasteiger partial charge in [-0.2, -0.15) is 0 Å². The number of hydrogen-bond donors (Lipinski definition) is 2. The topological polar surface area (TPSA) is 41.1 Å². The summed E-state index contributed by atoms with van der Waals surface area (Å²) in [4.78, 5) is 11.4. The Morgan fingerprint density at radius 3 is 2.41 bits per heavy atom. The highest BCUT2D eigenvalue weighted by Crippen LogP contribution is 2.19. The van der Waals surface area contributed by atoms with Gasteiger partial charge in [0.15, 0.2) is 5.11 Å². The number of para-hydroxylation sites is 1. The van der Waals surface area contributed by atoms with Crippen LogP contribution in [0.15, 0.2) is 18.2 Å². The first-order chi connectivity index (χ1) is 8.04. The standard InChI is InChI=1S/C13H18N2OS/c1-4-6-11(16)14-13(17)15-12-9(2)7-5-8-10(12)3/h5,7-8H,4,6H2,1-3H3,(H2,14,15,16,17). The molecule has 92 valence electrons. The Kier molecular flexibility index (Phi) is 5.10. The quantitative estimate of drug-likeness (QED) is 0.810. The van der Waals surface area contributed by atoms with Gasteiger partial charge < -0.3 is 10.6 Å². The number of thiocarbonyl (C=S) groups is 1. The van der Waals surface area contributed by atoms with Crippen LogP contribution in [-0.4, -0.2) is 11.0 Å². The molecular formula is C13H18N2OS. The number of carbonyl (C=O) groups excluding carboxylic acids is 1. The third kappa shape index (κ3) is 4.15. The third-order valence-electron chi connectivity index (χ3n) is 2.45. The molecule has 3 nitrogen and oxygen atoms in total. The highest BCUT2D eigenvalue weighted by atomic mass is 32.1. The molecule has 1 aromatic carbocycles. The van der Waals surface area contributed by atoms with Gasteiger partial charge in [-0.3, -0.25) is 4.79 Å². The first-order valence-corrected chi connectivity index (χ1v) is 6.12. The summed E-state index contributed by atoms with van der Waals surface area (Å²) in [5.41, 5.74) is 3.18. The number of amides is 1. The van der Waals surface area contributed by atoms with Crippen molar-refractivity contribution < 1.29 is 4.79 Å². The highest BCUT2D eigenvalue weighted by Gasteiger charge is 2.06. The smallest absolute Gasteiger partial charge is 0.226 e. The second kappa shape index (κ2) is 6.35. The summed E-state index contributed by atoms with van der Waals surface area (Å²) in [6.07, 6.45) is 1.31. The Labute approximate surface area is 108 Å². The molecule has 0 radical (unpaired) electrons.